The largest absolute Gasteiger partial charge is 0.511 e. The van der Waals surface area contributed by atoms with Gasteiger partial charge in [0.05, 0.1) is 25.5 Å². The summed E-state index contributed by atoms with van der Waals surface area (Å²) in [5.74, 6) is 0.642. The number of fused-ring (bicyclic) bond motifs is 1. The first-order valence-electron chi connectivity index (χ1n) is 10.5. The molecule has 3 heterocycles. The molecule has 1 fully saturated rings. The molecule has 1 aromatic carbocycles. The van der Waals surface area contributed by atoms with Crippen LogP contribution in [-0.4, -0.2) is 67.1 Å². The summed E-state index contributed by atoms with van der Waals surface area (Å²) in [4.78, 5) is 22.6. The molecule has 2 aromatic rings. The summed E-state index contributed by atoms with van der Waals surface area (Å²) < 4.78 is 69.2. The molecule has 0 saturated carbocycles. The van der Waals surface area contributed by atoms with Crippen molar-refractivity contribution in [3.8, 4) is 11.4 Å². The minimum atomic E-state index is -5.51. The van der Waals surface area contributed by atoms with E-state index < -0.39 is 28.6 Å². The highest BCUT2D eigenvalue weighted by Crippen LogP contribution is 2.37. The average Bonchev–Trinajstić information content (AvgIpc) is 3.24. The predicted molar refractivity (Wildman–Crippen MR) is 117 cm³/mol. The van der Waals surface area contributed by atoms with Crippen LogP contribution in [0.1, 0.15) is 18.2 Å². The number of alkyl halides is 3. The predicted octanol–water partition coefficient (Wildman–Crippen LogP) is 2.29. The van der Waals surface area contributed by atoms with Crippen LogP contribution in [0.4, 0.5) is 29.5 Å². The maximum atomic E-state index is 13.2. The molecule has 2 amide bonds. The van der Waals surface area contributed by atoms with Crippen LogP contribution in [-0.2, 0) is 27.8 Å². The fourth-order valence-electron chi connectivity index (χ4n) is 3.73. The Morgan fingerprint density at radius 3 is 2.41 bits per heavy atom. The number of sulfonamides is 1. The lowest BCUT2D eigenvalue weighted by Gasteiger charge is -2.29. The Kier molecular flexibility index (Phi) is 6.64. The number of urea groups is 1. The van der Waals surface area contributed by atoms with Gasteiger partial charge in [-0.15, -0.1) is 0 Å². The van der Waals surface area contributed by atoms with E-state index >= 15 is 0 Å². The molecule has 34 heavy (non-hydrogen) atoms. The van der Waals surface area contributed by atoms with Crippen LogP contribution < -0.4 is 15.5 Å². The van der Waals surface area contributed by atoms with Gasteiger partial charge in [0, 0.05) is 43.0 Å². The number of carbonyl (C=O) groups excluding carboxylic acids is 1. The van der Waals surface area contributed by atoms with Crippen LogP contribution in [0, 0.1) is 0 Å². The number of benzene rings is 1. The summed E-state index contributed by atoms with van der Waals surface area (Å²) in [6.07, 6.45) is 0. The molecule has 2 aliphatic rings. The number of rotatable bonds is 5. The topological polar surface area (TPSA) is 117 Å². The Balaban J connectivity index is 1.68. The highest BCUT2D eigenvalue weighted by atomic mass is 32.2. The summed E-state index contributed by atoms with van der Waals surface area (Å²) in [5.41, 5.74) is -3.73. The molecule has 0 spiro atoms. The van der Waals surface area contributed by atoms with Crippen molar-refractivity contribution in [3.63, 3.8) is 0 Å². The van der Waals surface area contributed by atoms with Crippen LogP contribution >= 0.6 is 0 Å². The summed E-state index contributed by atoms with van der Waals surface area (Å²) in [6.45, 7) is 3.06. The summed E-state index contributed by atoms with van der Waals surface area (Å²) in [5, 5.41) is 5.28. The van der Waals surface area contributed by atoms with Crippen LogP contribution in [0.2, 0.25) is 0 Å². The Hall–Kier alpha value is -2.97. The third-order valence-electron chi connectivity index (χ3n) is 5.41. The number of nitrogens with zero attached hydrogens (tertiary/aromatic N) is 4. The lowest BCUT2D eigenvalue weighted by atomic mass is 10.1. The lowest BCUT2D eigenvalue weighted by Crippen LogP contribution is -2.38. The van der Waals surface area contributed by atoms with E-state index in [0.29, 0.717) is 59.8 Å². The standard InChI is InChI=1S/C20H23F3N6O4S/c1-2-24-19(30)25-14-5-3-13(4-6-14)17-26-16-12-29(34(31,32)20(21,22)23)11-15(16)18(27-17)28-7-9-33-10-8-28/h3-6H,2,7-12H2,1H3,(H2,24,25,30). The molecular weight excluding hydrogens is 477 g/mol. The van der Waals surface area contributed by atoms with Crippen molar-refractivity contribution in [2.24, 2.45) is 0 Å². The van der Waals surface area contributed by atoms with Gasteiger partial charge in [-0.25, -0.2) is 23.2 Å². The average molecular weight is 501 g/mol. The van der Waals surface area contributed by atoms with Gasteiger partial charge in [0.25, 0.3) is 0 Å². The van der Waals surface area contributed by atoms with Gasteiger partial charge in [0.15, 0.2) is 5.82 Å². The van der Waals surface area contributed by atoms with Crippen molar-refractivity contribution in [2.75, 3.05) is 43.1 Å². The Bertz CT molecular complexity index is 1170. The molecule has 2 N–H and O–H groups in total. The van der Waals surface area contributed by atoms with Crippen molar-refractivity contribution in [1.29, 1.82) is 0 Å². The lowest BCUT2D eigenvalue weighted by molar-refractivity contribution is -0.0490. The Labute approximate surface area is 194 Å². The molecule has 0 radical (unpaired) electrons. The molecule has 0 bridgehead atoms. The number of anilines is 2. The zero-order valence-corrected chi connectivity index (χ0v) is 19.0. The molecule has 2 aliphatic heterocycles. The van der Waals surface area contributed by atoms with Crippen molar-refractivity contribution in [2.45, 2.75) is 25.5 Å². The quantitative estimate of drug-likeness (QED) is 0.647. The maximum Gasteiger partial charge on any atom is 0.511 e. The third-order valence-corrected chi connectivity index (χ3v) is 6.94. The van der Waals surface area contributed by atoms with E-state index in [-0.39, 0.29) is 17.5 Å². The van der Waals surface area contributed by atoms with E-state index in [4.69, 9.17) is 4.74 Å². The first-order chi connectivity index (χ1) is 16.1. The fraction of sp³-hybridized carbons (Fsp3) is 0.450. The molecular formula is C20H23F3N6O4S. The first-order valence-corrected chi connectivity index (χ1v) is 12.0. The van der Waals surface area contributed by atoms with Crippen molar-refractivity contribution >= 4 is 27.6 Å². The van der Waals surface area contributed by atoms with Crippen LogP contribution in [0.15, 0.2) is 24.3 Å². The second kappa shape index (κ2) is 9.35. The number of hydrogen-bond donors (Lipinski definition) is 2. The van der Waals surface area contributed by atoms with E-state index in [0.717, 1.165) is 0 Å². The first kappa shape index (κ1) is 24.2. The van der Waals surface area contributed by atoms with Gasteiger partial charge in [-0.2, -0.15) is 17.5 Å². The number of carbonyl (C=O) groups is 1. The summed E-state index contributed by atoms with van der Waals surface area (Å²) in [7, 11) is -5.51. The summed E-state index contributed by atoms with van der Waals surface area (Å²) >= 11 is 0. The fourth-order valence-corrected chi connectivity index (χ4v) is 4.61. The molecule has 0 unspecified atom stereocenters. The van der Waals surface area contributed by atoms with E-state index in [1.54, 1.807) is 31.2 Å². The smallest absolute Gasteiger partial charge is 0.378 e. The van der Waals surface area contributed by atoms with Crippen molar-refractivity contribution in [3.05, 3.63) is 35.5 Å². The minimum absolute atomic E-state index is 0.226. The number of halogens is 3. The van der Waals surface area contributed by atoms with Gasteiger partial charge < -0.3 is 20.3 Å². The number of hydrogen-bond acceptors (Lipinski definition) is 7. The number of nitrogens with one attached hydrogen (secondary N) is 2. The van der Waals surface area contributed by atoms with Gasteiger partial charge in [-0.3, -0.25) is 0 Å². The summed E-state index contributed by atoms with van der Waals surface area (Å²) in [6, 6.07) is 6.29. The third kappa shape index (κ3) is 4.79. The highest BCUT2D eigenvalue weighted by Gasteiger charge is 2.52. The van der Waals surface area contributed by atoms with Gasteiger partial charge >= 0.3 is 21.6 Å². The van der Waals surface area contributed by atoms with Gasteiger partial charge in [-0.05, 0) is 31.2 Å². The Morgan fingerprint density at radius 1 is 1.12 bits per heavy atom. The van der Waals surface area contributed by atoms with E-state index in [9.17, 15) is 26.4 Å². The normalized spacial score (nSPS) is 16.9. The molecule has 0 aliphatic carbocycles. The molecule has 1 aromatic heterocycles. The van der Waals surface area contributed by atoms with E-state index in [2.05, 4.69) is 20.6 Å². The molecule has 14 heteroatoms. The van der Waals surface area contributed by atoms with Gasteiger partial charge in [0.1, 0.15) is 5.82 Å². The van der Waals surface area contributed by atoms with Gasteiger partial charge in [-0.1, -0.05) is 0 Å². The molecule has 4 rings (SSSR count). The monoisotopic (exact) mass is 500 g/mol. The second-order valence-electron chi connectivity index (χ2n) is 7.68. The van der Waals surface area contributed by atoms with Crippen molar-refractivity contribution in [1.82, 2.24) is 19.6 Å². The highest BCUT2D eigenvalue weighted by molar-refractivity contribution is 7.89. The molecule has 0 atom stereocenters. The molecule has 1 saturated heterocycles. The number of amides is 2. The van der Waals surface area contributed by atoms with Gasteiger partial charge in [0.2, 0.25) is 0 Å². The van der Waals surface area contributed by atoms with Crippen LogP contribution in [0.5, 0.6) is 0 Å². The maximum absolute atomic E-state index is 13.2. The minimum Gasteiger partial charge on any atom is -0.378 e. The zero-order valence-electron chi connectivity index (χ0n) is 18.2. The van der Waals surface area contributed by atoms with Crippen LogP contribution in [0.3, 0.4) is 0 Å². The zero-order chi connectivity index (χ0) is 24.5. The molecule has 184 valence electrons. The molecule has 10 nitrogen and oxygen atoms in total. The number of morpholine rings is 1. The van der Waals surface area contributed by atoms with E-state index in [1.807, 2.05) is 4.90 Å². The second-order valence-corrected chi connectivity index (χ2v) is 9.61. The van der Waals surface area contributed by atoms with Crippen LogP contribution in [0.25, 0.3) is 11.4 Å². The van der Waals surface area contributed by atoms with Crippen molar-refractivity contribution < 1.29 is 31.1 Å². The SMILES string of the molecule is CCNC(=O)Nc1ccc(-c2nc3c(c(N4CCOCC4)n2)CN(S(=O)(=O)C(F)(F)F)C3)cc1. The number of aromatic nitrogens is 2. The Morgan fingerprint density at radius 2 is 1.79 bits per heavy atom. The van der Waals surface area contributed by atoms with E-state index in [1.165, 1.54) is 0 Å². The number of ether oxygens (including phenoxy) is 1.